The predicted molar refractivity (Wildman–Crippen MR) is 64.3 cm³/mol. The lowest BCUT2D eigenvalue weighted by Crippen LogP contribution is -2.31. The zero-order valence-corrected chi connectivity index (χ0v) is 9.97. The highest BCUT2D eigenvalue weighted by Crippen LogP contribution is 2.16. The molecular formula is C12H15N3O2. The first kappa shape index (κ1) is 11.6. The van der Waals surface area contributed by atoms with E-state index in [2.05, 4.69) is 23.0 Å². The topological polar surface area (TPSA) is 66.3 Å². The van der Waals surface area contributed by atoms with E-state index in [0.29, 0.717) is 11.6 Å². The Labute approximate surface area is 99.8 Å². The smallest absolute Gasteiger partial charge is 0.354 e. The molecule has 0 fully saturated rings. The van der Waals surface area contributed by atoms with Crippen LogP contribution in [0.1, 0.15) is 29.5 Å². The van der Waals surface area contributed by atoms with Gasteiger partial charge in [0.05, 0.1) is 0 Å². The van der Waals surface area contributed by atoms with Crippen molar-refractivity contribution in [1.29, 1.82) is 0 Å². The normalized spacial score (nSPS) is 15.6. The summed E-state index contributed by atoms with van der Waals surface area (Å²) < 4.78 is 0. The molecule has 2 heterocycles. The molecule has 2 rings (SSSR count). The van der Waals surface area contributed by atoms with Crippen molar-refractivity contribution in [2.24, 2.45) is 0 Å². The van der Waals surface area contributed by atoms with Crippen LogP contribution >= 0.6 is 0 Å². The molecule has 0 radical (unpaired) electrons. The third-order valence-corrected chi connectivity index (χ3v) is 2.68. The van der Waals surface area contributed by atoms with Crippen LogP contribution in [-0.2, 0) is 0 Å². The molecule has 0 unspecified atom stereocenters. The number of carbonyl (C=O) groups is 1. The van der Waals surface area contributed by atoms with Crippen molar-refractivity contribution in [3.63, 3.8) is 0 Å². The Balaban J connectivity index is 2.32. The molecule has 0 saturated heterocycles. The van der Waals surface area contributed by atoms with Crippen molar-refractivity contribution in [3.05, 3.63) is 29.1 Å². The number of nitrogens with zero attached hydrogens (tertiary/aromatic N) is 3. The lowest BCUT2D eigenvalue weighted by atomic mass is 10.1. The fourth-order valence-electron chi connectivity index (χ4n) is 1.89. The van der Waals surface area contributed by atoms with Crippen LogP contribution in [0.2, 0.25) is 0 Å². The van der Waals surface area contributed by atoms with Crippen LogP contribution in [0.25, 0.3) is 0 Å². The van der Waals surface area contributed by atoms with E-state index in [9.17, 15) is 4.79 Å². The van der Waals surface area contributed by atoms with E-state index in [-0.39, 0.29) is 5.69 Å². The van der Waals surface area contributed by atoms with Crippen LogP contribution in [0, 0.1) is 6.92 Å². The third-order valence-electron chi connectivity index (χ3n) is 2.68. The second-order valence-electron chi connectivity index (χ2n) is 4.26. The van der Waals surface area contributed by atoms with Crippen molar-refractivity contribution in [2.75, 3.05) is 18.0 Å². The first-order valence-electron chi connectivity index (χ1n) is 5.56. The summed E-state index contributed by atoms with van der Waals surface area (Å²) in [7, 11) is 0. The SMILES string of the molecule is CC1=CCCN(c2nc(C)cc(C(=O)O)n2)C1. The minimum Gasteiger partial charge on any atom is -0.477 e. The van der Waals surface area contributed by atoms with Crippen LogP contribution in [0.5, 0.6) is 0 Å². The van der Waals surface area contributed by atoms with Gasteiger partial charge >= 0.3 is 5.97 Å². The van der Waals surface area contributed by atoms with E-state index < -0.39 is 5.97 Å². The number of aromatic nitrogens is 2. The first-order chi connectivity index (χ1) is 8.06. The Morgan fingerprint density at radius 2 is 2.18 bits per heavy atom. The number of anilines is 1. The molecular weight excluding hydrogens is 218 g/mol. The van der Waals surface area contributed by atoms with E-state index in [1.165, 1.54) is 11.6 Å². The highest BCUT2D eigenvalue weighted by atomic mass is 16.4. The van der Waals surface area contributed by atoms with Crippen LogP contribution < -0.4 is 4.90 Å². The van der Waals surface area contributed by atoms with E-state index in [0.717, 1.165) is 19.5 Å². The van der Waals surface area contributed by atoms with Gasteiger partial charge in [-0.1, -0.05) is 11.6 Å². The fourth-order valence-corrected chi connectivity index (χ4v) is 1.89. The average molecular weight is 233 g/mol. The van der Waals surface area contributed by atoms with Gasteiger partial charge in [-0.3, -0.25) is 0 Å². The molecule has 0 amide bonds. The number of hydrogen-bond acceptors (Lipinski definition) is 4. The highest BCUT2D eigenvalue weighted by Gasteiger charge is 2.16. The zero-order valence-electron chi connectivity index (χ0n) is 9.97. The summed E-state index contributed by atoms with van der Waals surface area (Å²) >= 11 is 0. The number of aryl methyl sites for hydroxylation is 1. The molecule has 5 nitrogen and oxygen atoms in total. The minimum atomic E-state index is -1.01. The number of aromatic carboxylic acids is 1. The minimum absolute atomic E-state index is 0.0553. The lowest BCUT2D eigenvalue weighted by molar-refractivity contribution is 0.0690. The van der Waals surface area contributed by atoms with Crippen molar-refractivity contribution in [3.8, 4) is 0 Å². The maximum atomic E-state index is 10.9. The average Bonchev–Trinajstić information content (AvgIpc) is 2.28. The molecule has 0 aromatic carbocycles. The summed E-state index contributed by atoms with van der Waals surface area (Å²) in [5.41, 5.74) is 2.00. The van der Waals surface area contributed by atoms with Crippen LogP contribution in [0.4, 0.5) is 5.95 Å². The standard InChI is InChI=1S/C12H15N3O2/c1-8-4-3-5-15(7-8)12-13-9(2)6-10(14-12)11(16)17/h4,6H,3,5,7H2,1-2H3,(H,16,17). The second kappa shape index (κ2) is 4.53. The van der Waals surface area contributed by atoms with E-state index in [1.54, 1.807) is 6.92 Å². The molecule has 0 bridgehead atoms. The number of rotatable bonds is 2. The first-order valence-corrected chi connectivity index (χ1v) is 5.56. The van der Waals surface area contributed by atoms with Gasteiger partial charge in [0, 0.05) is 18.8 Å². The lowest BCUT2D eigenvalue weighted by Gasteiger charge is -2.26. The summed E-state index contributed by atoms with van der Waals surface area (Å²) in [5.74, 6) is -0.504. The Kier molecular flexibility index (Phi) is 3.08. The molecule has 17 heavy (non-hydrogen) atoms. The maximum Gasteiger partial charge on any atom is 0.354 e. The molecule has 1 aliphatic rings. The zero-order chi connectivity index (χ0) is 12.4. The molecule has 0 atom stereocenters. The molecule has 90 valence electrons. The van der Waals surface area contributed by atoms with E-state index in [1.807, 2.05) is 4.90 Å². The largest absolute Gasteiger partial charge is 0.477 e. The summed E-state index contributed by atoms with van der Waals surface area (Å²) in [6, 6.07) is 1.48. The highest BCUT2D eigenvalue weighted by molar-refractivity contribution is 5.85. The maximum absolute atomic E-state index is 10.9. The molecule has 1 aromatic rings. The number of carboxylic acid groups (broad SMARTS) is 1. The van der Waals surface area contributed by atoms with Gasteiger partial charge in [-0.25, -0.2) is 14.8 Å². The summed E-state index contributed by atoms with van der Waals surface area (Å²) in [6.45, 7) is 5.44. The Morgan fingerprint density at radius 1 is 1.41 bits per heavy atom. The van der Waals surface area contributed by atoms with Crippen molar-refractivity contribution in [1.82, 2.24) is 9.97 Å². The fraction of sp³-hybridized carbons (Fsp3) is 0.417. The Bertz CT molecular complexity index is 483. The predicted octanol–water partition coefficient (Wildman–Crippen LogP) is 1.64. The van der Waals surface area contributed by atoms with Crippen molar-refractivity contribution < 1.29 is 9.90 Å². The van der Waals surface area contributed by atoms with Gasteiger partial charge in [0.25, 0.3) is 0 Å². The molecule has 5 heteroatoms. The number of hydrogen-bond donors (Lipinski definition) is 1. The van der Waals surface area contributed by atoms with Crippen LogP contribution in [-0.4, -0.2) is 34.1 Å². The third kappa shape index (κ3) is 2.61. The van der Waals surface area contributed by atoms with E-state index in [4.69, 9.17) is 5.11 Å². The molecule has 0 aliphatic carbocycles. The Hall–Kier alpha value is -1.91. The molecule has 1 aliphatic heterocycles. The van der Waals surface area contributed by atoms with Crippen molar-refractivity contribution in [2.45, 2.75) is 20.3 Å². The van der Waals surface area contributed by atoms with Crippen molar-refractivity contribution >= 4 is 11.9 Å². The summed E-state index contributed by atoms with van der Waals surface area (Å²) in [6.07, 6.45) is 3.13. The van der Waals surface area contributed by atoms with Gasteiger partial charge in [-0.15, -0.1) is 0 Å². The second-order valence-corrected chi connectivity index (χ2v) is 4.26. The molecule has 1 N–H and O–H groups in total. The van der Waals surface area contributed by atoms with E-state index >= 15 is 0 Å². The number of carboxylic acids is 1. The van der Waals surface area contributed by atoms with Gasteiger partial charge in [0.2, 0.25) is 5.95 Å². The van der Waals surface area contributed by atoms with Crippen LogP contribution in [0.3, 0.4) is 0 Å². The quantitative estimate of drug-likeness (QED) is 0.786. The molecule has 1 aromatic heterocycles. The van der Waals surface area contributed by atoms with Gasteiger partial charge in [-0.2, -0.15) is 0 Å². The van der Waals surface area contributed by atoms with Gasteiger partial charge in [0.1, 0.15) is 0 Å². The van der Waals surface area contributed by atoms with Gasteiger partial charge in [-0.05, 0) is 26.3 Å². The monoisotopic (exact) mass is 233 g/mol. The van der Waals surface area contributed by atoms with Crippen LogP contribution in [0.15, 0.2) is 17.7 Å². The summed E-state index contributed by atoms with van der Waals surface area (Å²) in [4.78, 5) is 21.3. The van der Waals surface area contributed by atoms with Gasteiger partial charge in [0.15, 0.2) is 5.69 Å². The molecule has 0 spiro atoms. The Morgan fingerprint density at radius 3 is 2.82 bits per heavy atom. The van der Waals surface area contributed by atoms with Gasteiger partial charge < -0.3 is 10.0 Å². The summed E-state index contributed by atoms with van der Waals surface area (Å²) in [5, 5.41) is 8.96. The molecule has 0 saturated carbocycles.